The highest BCUT2D eigenvalue weighted by atomic mass is 19.1. The van der Waals surface area contributed by atoms with Gasteiger partial charge in [-0.05, 0) is 24.3 Å². The fourth-order valence-corrected chi connectivity index (χ4v) is 1.79. The summed E-state index contributed by atoms with van der Waals surface area (Å²) in [7, 11) is 0. The summed E-state index contributed by atoms with van der Waals surface area (Å²) >= 11 is 0. The van der Waals surface area contributed by atoms with E-state index >= 15 is 0 Å². The molecule has 0 bridgehead atoms. The molecule has 0 atom stereocenters. The number of nitrogens with zero attached hydrogens (tertiary/aromatic N) is 1. The standard InChI is InChI=1S/C14H12F3N3O/c15-9-4-5-11(16)12(6-9)19-7-8-2-1-3-10(13(8)17)14(18)20-21/h1-6,19,21H,7H2,(H2,18,20). The van der Waals surface area contributed by atoms with Crippen LogP contribution in [0.3, 0.4) is 0 Å². The number of rotatable bonds is 4. The minimum atomic E-state index is -0.697. The number of oxime groups is 1. The van der Waals surface area contributed by atoms with E-state index in [2.05, 4.69) is 10.5 Å². The Balaban J connectivity index is 2.23. The normalized spacial score (nSPS) is 11.5. The molecule has 0 spiro atoms. The molecule has 7 heteroatoms. The van der Waals surface area contributed by atoms with E-state index in [0.29, 0.717) is 0 Å². The Morgan fingerprint density at radius 2 is 1.95 bits per heavy atom. The summed E-state index contributed by atoms with van der Waals surface area (Å²) < 4.78 is 40.6. The van der Waals surface area contributed by atoms with Crippen molar-refractivity contribution in [3.63, 3.8) is 0 Å². The van der Waals surface area contributed by atoms with Gasteiger partial charge in [-0.2, -0.15) is 0 Å². The van der Waals surface area contributed by atoms with Crippen molar-refractivity contribution in [1.29, 1.82) is 0 Å². The molecule has 0 saturated heterocycles. The molecular weight excluding hydrogens is 283 g/mol. The number of amidine groups is 1. The van der Waals surface area contributed by atoms with Gasteiger partial charge >= 0.3 is 0 Å². The molecule has 0 aliphatic heterocycles. The van der Waals surface area contributed by atoms with E-state index in [4.69, 9.17) is 10.9 Å². The zero-order valence-corrected chi connectivity index (χ0v) is 10.8. The first kappa shape index (κ1) is 14.7. The summed E-state index contributed by atoms with van der Waals surface area (Å²) in [4.78, 5) is 0. The number of hydrogen-bond donors (Lipinski definition) is 3. The van der Waals surface area contributed by atoms with Crippen molar-refractivity contribution in [2.45, 2.75) is 6.54 Å². The average molecular weight is 295 g/mol. The first-order chi connectivity index (χ1) is 10.0. The van der Waals surface area contributed by atoms with Crippen molar-refractivity contribution in [3.05, 3.63) is 65.0 Å². The van der Waals surface area contributed by atoms with Gasteiger partial charge in [-0.15, -0.1) is 0 Å². The van der Waals surface area contributed by atoms with Crippen LogP contribution in [0.2, 0.25) is 0 Å². The highest BCUT2D eigenvalue weighted by molar-refractivity contribution is 5.97. The molecule has 2 rings (SSSR count). The maximum absolute atomic E-state index is 14.1. The number of nitrogens with two attached hydrogens (primary N) is 1. The Kier molecular flexibility index (Phi) is 4.32. The maximum Gasteiger partial charge on any atom is 0.173 e. The lowest BCUT2D eigenvalue weighted by atomic mass is 10.1. The Morgan fingerprint density at radius 1 is 1.19 bits per heavy atom. The second kappa shape index (κ2) is 6.17. The number of nitrogens with one attached hydrogen (secondary N) is 1. The van der Waals surface area contributed by atoms with Crippen molar-refractivity contribution < 1.29 is 18.4 Å². The molecule has 21 heavy (non-hydrogen) atoms. The highest BCUT2D eigenvalue weighted by Crippen LogP contribution is 2.18. The minimum absolute atomic E-state index is 0.0727. The van der Waals surface area contributed by atoms with Gasteiger partial charge in [0.1, 0.15) is 17.5 Å². The lowest BCUT2D eigenvalue weighted by molar-refractivity contribution is 0.318. The molecule has 0 heterocycles. The third-order valence-electron chi connectivity index (χ3n) is 2.86. The van der Waals surface area contributed by atoms with E-state index in [-0.39, 0.29) is 29.2 Å². The number of anilines is 1. The quantitative estimate of drug-likeness (QED) is 0.351. The molecule has 110 valence electrons. The van der Waals surface area contributed by atoms with Gasteiger partial charge < -0.3 is 16.3 Å². The number of halogens is 3. The molecule has 0 aromatic heterocycles. The van der Waals surface area contributed by atoms with Gasteiger partial charge in [0.05, 0.1) is 11.3 Å². The van der Waals surface area contributed by atoms with Gasteiger partial charge in [-0.25, -0.2) is 13.2 Å². The van der Waals surface area contributed by atoms with E-state index in [1.54, 1.807) is 0 Å². The SMILES string of the molecule is N/C(=N/O)c1cccc(CNc2cc(F)ccc2F)c1F. The van der Waals surface area contributed by atoms with E-state index in [9.17, 15) is 13.2 Å². The predicted octanol–water partition coefficient (Wildman–Crippen LogP) is 2.81. The fourth-order valence-electron chi connectivity index (χ4n) is 1.79. The summed E-state index contributed by atoms with van der Waals surface area (Å²) in [6.07, 6.45) is 0. The predicted molar refractivity (Wildman–Crippen MR) is 72.6 cm³/mol. The fraction of sp³-hybridized carbons (Fsp3) is 0.0714. The summed E-state index contributed by atoms with van der Waals surface area (Å²) in [6.45, 7) is -0.0846. The van der Waals surface area contributed by atoms with Crippen molar-refractivity contribution in [3.8, 4) is 0 Å². The Morgan fingerprint density at radius 3 is 2.67 bits per heavy atom. The molecule has 0 aliphatic carbocycles. The van der Waals surface area contributed by atoms with E-state index in [1.165, 1.54) is 18.2 Å². The Bertz CT molecular complexity index is 689. The van der Waals surface area contributed by atoms with Crippen LogP contribution in [-0.2, 0) is 6.54 Å². The van der Waals surface area contributed by atoms with Crippen LogP contribution in [0.15, 0.2) is 41.6 Å². The second-order valence-electron chi connectivity index (χ2n) is 4.24. The molecule has 0 fully saturated rings. The molecule has 2 aromatic carbocycles. The van der Waals surface area contributed by atoms with Gasteiger partial charge in [0.25, 0.3) is 0 Å². The minimum Gasteiger partial charge on any atom is -0.409 e. The molecule has 0 saturated carbocycles. The molecule has 4 nitrogen and oxygen atoms in total. The van der Waals surface area contributed by atoms with E-state index in [0.717, 1.165) is 18.2 Å². The van der Waals surface area contributed by atoms with Crippen LogP contribution in [0.1, 0.15) is 11.1 Å². The van der Waals surface area contributed by atoms with Crippen molar-refractivity contribution in [1.82, 2.24) is 0 Å². The Hall–Kier alpha value is -2.70. The molecule has 2 aromatic rings. The largest absolute Gasteiger partial charge is 0.409 e. The molecule has 0 aliphatic rings. The summed E-state index contributed by atoms with van der Waals surface area (Å²) in [6, 6.07) is 7.24. The van der Waals surface area contributed by atoms with Gasteiger partial charge in [-0.1, -0.05) is 17.3 Å². The van der Waals surface area contributed by atoms with Crippen LogP contribution in [0, 0.1) is 17.5 Å². The van der Waals surface area contributed by atoms with Crippen LogP contribution in [0.4, 0.5) is 18.9 Å². The molecule has 4 N–H and O–H groups in total. The van der Waals surface area contributed by atoms with E-state index < -0.39 is 17.5 Å². The molecule has 0 radical (unpaired) electrons. The van der Waals surface area contributed by atoms with Crippen LogP contribution >= 0.6 is 0 Å². The second-order valence-corrected chi connectivity index (χ2v) is 4.24. The molecule has 0 amide bonds. The van der Waals surface area contributed by atoms with Crippen molar-refractivity contribution in [2.24, 2.45) is 10.9 Å². The van der Waals surface area contributed by atoms with Crippen molar-refractivity contribution >= 4 is 11.5 Å². The zero-order valence-electron chi connectivity index (χ0n) is 10.8. The van der Waals surface area contributed by atoms with Gasteiger partial charge in [0.15, 0.2) is 5.84 Å². The van der Waals surface area contributed by atoms with Crippen LogP contribution in [0.5, 0.6) is 0 Å². The maximum atomic E-state index is 14.1. The Labute approximate surface area is 118 Å². The summed E-state index contributed by atoms with van der Waals surface area (Å²) in [5, 5.41) is 13.9. The summed E-state index contributed by atoms with van der Waals surface area (Å²) in [5.74, 6) is -2.32. The number of hydrogen-bond acceptors (Lipinski definition) is 3. The monoisotopic (exact) mass is 295 g/mol. The third-order valence-corrected chi connectivity index (χ3v) is 2.86. The van der Waals surface area contributed by atoms with Crippen LogP contribution < -0.4 is 11.1 Å². The first-order valence-corrected chi connectivity index (χ1v) is 5.97. The molecular formula is C14H12F3N3O. The van der Waals surface area contributed by atoms with E-state index in [1.807, 2.05) is 0 Å². The highest BCUT2D eigenvalue weighted by Gasteiger charge is 2.12. The first-order valence-electron chi connectivity index (χ1n) is 5.97. The molecule has 0 unspecified atom stereocenters. The average Bonchev–Trinajstić information content (AvgIpc) is 2.48. The van der Waals surface area contributed by atoms with Crippen LogP contribution in [-0.4, -0.2) is 11.0 Å². The zero-order chi connectivity index (χ0) is 15.4. The van der Waals surface area contributed by atoms with Gasteiger partial charge in [-0.3, -0.25) is 0 Å². The lowest BCUT2D eigenvalue weighted by Crippen LogP contribution is -2.16. The van der Waals surface area contributed by atoms with Crippen molar-refractivity contribution in [2.75, 3.05) is 5.32 Å². The third kappa shape index (κ3) is 3.25. The number of benzene rings is 2. The lowest BCUT2D eigenvalue weighted by Gasteiger charge is -2.10. The summed E-state index contributed by atoms with van der Waals surface area (Å²) in [5.41, 5.74) is 5.36. The smallest absolute Gasteiger partial charge is 0.173 e. The van der Waals surface area contributed by atoms with Gasteiger partial charge in [0, 0.05) is 12.1 Å². The van der Waals surface area contributed by atoms with Gasteiger partial charge in [0.2, 0.25) is 0 Å². The topological polar surface area (TPSA) is 70.6 Å². The van der Waals surface area contributed by atoms with Crippen LogP contribution in [0.25, 0.3) is 0 Å².